The fourth-order valence-electron chi connectivity index (χ4n) is 1.51. The van der Waals surface area contributed by atoms with Crippen LogP contribution in [0.15, 0.2) is 12.1 Å². The average Bonchev–Trinajstić information content (AvgIpc) is 2.76. The van der Waals surface area contributed by atoms with Crippen LogP contribution in [0.5, 0.6) is 0 Å². The number of nitrogens with zero attached hydrogens (tertiary/aromatic N) is 2. The molecule has 0 aliphatic heterocycles. The van der Waals surface area contributed by atoms with Crippen LogP contribution in [0.2, 0.25) is 0 Å². The van der Waals surface area contributed by atoms with Gasteiger partial charge in [0.2, 0.25) is 5.13 Å². The zero-order chi connectivity index (χ0) is 11.5. The highest BCUT2D eigenvalue weighted by Crippen LogP contribution is 2.19. The zero-order valence-electron chi connectivity index (χ0n) is 9.65. The van der Waals surface area contributed by atoms with E-state index in [0.29, 0.717) is 6.04 Å². The molecular weight excluding hydrogens is 238 g/mol. The SMILES string of the molecule is Cc1nsc(NC(C)Cc2ccc(C)s2)n1. The van der Waals surface area contributed by atoms with Crippen LogP contribution in [0, 0.1) is 13.8 Å². The van der Waals surface area contributed by atoms with Crippen molar-refractivity contribution in [2.24, 2.45) is 0 Å². The molecule has 1 atom stereocenters. The van der Waals surface area contributed by atoms with E-state index in [0.717, 1.165) is 17.4 Å². The molecule has 1 unspecified atom stereocenters. The van der Waals surface area contributed by atoms with E-state index < -0.39 is 0 Å². The van der Waals surface area contributed by atoms with Crippen molar-refractivity contribution in [2.45, 2.75) is 33.2 Å². The van der Waals surface area contributed by atoms with Gasteiger partial charge in [0.05, 0.1) is 0 Å². The van der Waals surface area contributed by atoms with E-state index >= 15 is 0 Å². The maximum Gasteiger partial charge on any atom is 0.202 e. The molecule has 0 aliphatic carbocycles. The van der Waals surface area contributed by atoms with Crippen molar-refractivity contribution in [3.63, 3.8) is 0 Å². The van der Waals surface area contributed by atoms with Crippen LogP contribution in [-0.4, -0.2) is 15.4 Å². The van der Waals surface area contributed by atoms with E-state index in [2.05, 4.69) is 40.7 Å². The van der Waals surface area contributed by atoms with Crippen molar-refractivity contribution in [3.05, 3.63) is 27.7 Å². The Morgan fingerprint density at radius 2 is 2.19 bits per heavy atom. The van der Waals surface area contributed by atoms with E-state index in [1.54, 1.807) is 0 Å². The molecule has 2 rings (SSSR count). The van der Waals surface area contributed by atoms with Crippen molar-refractivity contribution in [1.82, 2.24) is 9.36 Å². The van der Waals surface area contributed by atoms with Crippen molar-refractivity contribution >= 4 is 28.0 Å². The lowest BCUT2D eigenvalue weighted by molar-refractivity contribution is 0.798. The number of hydrogen-bond donors (Lipinski definition) is 1. The van der Waals surface area contributed by atoms with E-state index in [-0.39, 0.29) is 0 Å². The molecule has 86 valence electrons. The molecule has 0 spiro atoms. The minimum absolute atomic E-state index is 0.394. The number of aromatic nitrogens is 2. The van der Waals surface area contributed by atoms with Gasteiger partial charge in [-0.05, 0) is 32.9 Å². The standard InChI is InChI=1S/C11H15N3S2/c1-7(6-10-5-4-8(2)15-10)12-11-13-9(3)14-16-11/h4-5,7H,6H2,1-3H3,(H,12,13,14). The fourth-order valence-corrected chi connectivity index (χ4v) is 3.22. The molecule has 16 heavy (non-hydrogen) atoms. The third kappa shape index (κ3) is 3.02. The van der Waals surface area contributed by atoms with E-state index in [1.165, 1.54) is 21.3 Å². The average molecular weight is 253 g/mol. The normalized spacial score (nSPS) is 12.7. The quantitative estimate of drug-likeness (QED) is 0.909. The molecule has 1 N–H and O–H groups in total. The maximum atomic E-state index is 4.30. The summed E-state index contributed by atoms with van der Waals surface area (Å²) in [5.74, 6) is 0.840. The van der Waals surface area contributed by atoms with E-state index in [1.807, 2.05) is 18.3 Å². The fraction of sp³-hybridized carbons (Fsp3) is 0.455. The third-order valence-electron chi connectivity index (χ3n) is 2.20. The molecule has 2 aromatic heterocycles. The van der Waals surface area contributed by atoms with Crippen LogP contribution < -0.4 is 5.32 Å². The second-order valence-electron chi connectivity index (χ2n) is 3.91. The Morgan fingerprint density at radius 3 is 2.75 bits per heavy atom. The molecule has 0 fully saturated rings. The van der Waals surface area contributed by atoms with Crippen molar-refractivity contribution < 1.29 is 0 Å². The van der Waals surface area contributed by atoms with E-state index in [4.69, 9.17) is 0 Å². The minimum atomic E-state index is 0.394. The molecule has 0 saturated carbocycles. The van der Waals surface area contributed by atoms with Gasteiger partial charge in [-0.3, -0.25) is 0 Å². The smallest absolute Gasteiger partial charge is 0.202 e. The molecule has 0 aromatic carbocycles. The highest BCUT2D eigenvalue weighted by atomic mass is 32.1. The molecule has 0 amide bonds. The summed E-state index contributed by atoms with van der Waals surface area (Å²) in [6.07, 6.45) is 1.04. The lowest BCUT2D eigenvalue weighted by atomic mass is 10.2. The lowest BCUT2D eigenvalue weighted by Crippen LogP contribution is -2.17. The molecule has 0 aliphatic rings. The monoisotopic (exact) mass is 253 g/mol. The summed E-state index contributed by atoms with van der Waals surface area (Å²) in [5, 5.41) is 4.29. The predicted octanol–water partition coefficient (Wildman–Crippen LogP) is 3.26. The van der Waals surface area contributed by atoms with Gasteiger partial charge in [-0.1, -0.05) is 0 Å². The Hall–Kier alpha value is -0.940. The summed E-state index contributed by atoms with van der Waals surface area (Å²) < 4.78 is 4.15. The van der Waals surface area contributed by atoms with Gasteiger partial charge in [-0.15, -0.1) is 11.3 Å². The molecule has 5 heteroatoms. The van der Waals surface area contributed by atoms with Crippen LogP contribution in [0.3, 0.4) is 0 Å². The van der Waals surface area contributed by atoms with Gasteiger partial charge in [0, 0.05) is 33.7 Å². The molecule has 3 nitrogen and oxygen atoms in total. The lowest BCUT2D eigenvalue weighted by Gasteiger charge is -2.10. The van der Waals surface area contributed by atoms with Gasteiger partial charge in [0.1, 0.15) is 5.82 Å². The van der Waals surface area contributed by atoms with Crippen molar-refractivity contribution in [1.29, 1.82) is 0 Å². The van der Waals surface area contributed by atoms with Gasteiger partial charge in [0.15, 0.2) is 0 Å². The first kappa shape index (κ1) is 11.5. The largest absolute Gasteiger partial charge is 0.357 e. The molecular formula is C11H15N3S2. The number of anilines is 1. The van der Waals surface area contributed by atoms with Crippen LogP contribution in [-0.2, 0) is 6.42 Å². The third-order valence-corrected chi connectivity index (χ3v) is 3.96. The summed E-state index contributed by atoms with van der Waals surface area (Å²) >= 11 is 3.28. The zero-order valence-corrected chi connectivity index (χ0v) is 11.3. The minimum Gasteiger partial charge on any atom is -0.357 e. The Kier molecular flexibility index (Phi) is 3.56. The molecule has 2 aromatic rings. The Labute approximate surface area is 104 Å². The Morgan fingerprint density at radius 1 is 1.38 bits per heavy atom. The molecule has 2 heterocycles. The van der Waals surface area contributed by atoms with Gasteiger partial charge in [-0.25, -0.2) is 4.98 Å². The highest BCUT2D eigenvalue weighted by Gasteiger charge is 2.07. The second kappa shape index (κ2) is 4.93. The Bertz CT molecular complexity index is 419. The van der Waals surface area contributed by atoms with Crippen LogP contribution in [0.1, 0.15) is 22.5 Å². The van der Waals surface area contributed by atoms with Crippen molar-refractivity contribution in [3.8, 4) is 0 Å². The highest BCUT2D eigenvalue weighted by molar-refractivity contribution is 7.11. The van der Waals surface area contributed by atoms with Gasteiger partial charge < -0.3 is 5.32 Å². The van der Waals surface area contributed by atoms with Crippen LogP contribution in [0.25, 0.3) is 0 Å². The van der Waals surface area contributed by atoms with Crippen molar-refractivity contribution in [2.75, 3.05) is 5.32 Å². The number of rotatable bonds is 4. The summed E-state index contributed by atoms with van der Waals surface area (Å²) in [7, 11) is 0. The topological polar surface area (TPSA) is 37.8 Å². The van der Waals surface area contributed by atoms with Crippen LogP contribution >= 0.6 is 22.9 Å². The summed E-state index contributed by atoms with van der Waals surface area (Å²) in [5.41, 5.74) is 0. The van der Waals surface area contributed by atoms with Gasteiger partial charge in [0.25, 0.3) is 0 Å². The van der Waals surface area contributed by atoms with E-state index in [9.17, 15) is 0 Å². The first-order valence-electron chi connectivity index (χ1n) is 5.25. The second-order valence-corrected chi connectivity index (χ2v) is 6.03. The summed E-state index contributed by atoms with van der Waals surface area (Å²) in [6.45, 7) is 6.22. The van der Waals surface area contributed by atoms with Gasteiger partial charge in [-0.2, -0.15) is 4.37 Å². The predicted molar refractivity (Wildman–Crippen MR) is 70.5 cm³/mol. The molecule has 0 saturated heterocycles. The number of aryl methyl sites for hydroxylation is 2. The van der Waals surface area contributed by atoms with Gasteiger partial charge >= 0.3 is 0 Å². The first-order valence-corrected chi connectivity index (χ1v) is 6.84. The number of thiophene rings is 1. The number of nitrogens with one attached hydrogen (secondary N) is 1. The molecule has 0 bridgehead atoms. The molecule has 0 radical (unpaired) electrons. The summed E-state index contributed by atoms with van der Waals surface area (Å²) in [6, 6.07) is 4.76. The first-order chi connectivity index (χ1) is 7.63. The summed E-state index contributed by atoms with van der Waals surface area (Å²) in [4.78, 5) is 7.08. The van der Waals surface area contributed by atoms with Crippen LogP contribution in [0.4, 0.5) is 5.13 Å². The number of hydrogen-bond acceptors (Lipinski definition) is 5. The Balaban J connectivity index is 1.91. The maximum absolute atomic E-state index is 4.30.